The van der Waals surface area contributed by atoms with Crippen molar-refractivity contribution in [2.75, 3.05) is 0 Å². The van der Waals surface area contributed by atoms with Crippen LogP contribution in [0.2, 0.25) is 0 Å². The van der Waals surface area contributed by atoms with E-state index >= 15 is 0 Å². The van der Waals surface area contributed by atoms with Crippen LogP contribution < -0.4 is 24.8 Å². The first kappa shape index (κ1) is 37.6. The van der Waals surface area contributed by atoms with Crippen LogP contribution in [0, 0.1) is 0 Å². The van der Waals surface area contributed by atoms with Gasteiger partial charge in [0, 0.05) is 23.8 Å². The van der Waals surface area contributed by atoms with Gasteiger partial charge in [-0.3, -0.25) is 9.97 Å². The second-order valence-electron chi connectivity index (χ2n) is 12.6. The predicted molar refractivity (Wildman–Crippen MR) is 211 cm³/mol. The Bertz CT molecular complexity index is 2580. The van der Waals surface area contributed by atoms with Crippen molar-refractivity contribution in [1.29, 1.82) is 0 Å². The van der Waals surface area contributed by atoms with Gasteiger partial charge in [-0.1, -0.05) is 156 Å². The van der Waals surface area contributed by atoms with Gasteiger partial charge < -0.3 is 24.8 Å². The summed E-state index contributed by atoms with van der Waals surface area (Å²) in [5.74, 6) is 0. The third kappa shape index (κ3) is 7.39. The van der Waals surface area contributed by atoms with Crippen molar-refractivity contribution in [3.63, 3.8) is 0 Å². The van der Waals surface area contributed by atoms with Crippen LogP contribution in [0.25, 0.3) is 87.9 Å². The van der Waals surface area contributed by atoms with E-state index in [9.17, 15) is 0 Å². The molecule has 53 heavy (non-hydrogen) atoms. The summed E-state index contributed by atoms with van der Waals surface area (Å²) in [5, 5.41) is 10.2. The Hall–Kier alpha value is -5.18. The Morgan fingerprint density at radius 3 is 1.19 bits per heavy atom. The third-order valence-corrected chi connectivity index (χ3v) is 9.63. The van der Waals surface area contributed by atoms with Gasteiger partial charge in [-0.25, -0.2) is 0 Å². The zero-order chi connectivity index (χ0) is 33.3. The maximum absolute atomic E-state index is 4.51. The first-order valence-corrected chi connectivity index (χ1v) is 17.0. The molecule has 8 aromatic carbocycles. The number of rotatable bonds is 4. The number of halogens is 2. The van der Waals surface area contributed by atoms with Crippen LogP contribution in [-0.2, 0) is 26.2 Å². The fourth-order valence-electron chi connectivity index (χ4n) is 7.18. The summed E-state index contributed by atoms with van der Waals surface area (Å²) in [4.78, 5) is 9.03. The number of hydrogen-bond donors (Lipinski definition) is 0. The molecular formula is C48H32Cl2N2Zr-2. The quantitative estimate of drug-likeness (QED) is 0.182. The van der Waals surface area contributed by atoms with Crippen molar-refractivity contribution in [2.24, 2.45) is 0 Å². The van der Waals surface area contributed by atoms with Crippen molar-refractivity contribution < 1.29 is 51.0 Å². The Kier molecular flexibility index (Phi) is 11.8. The van der Waals surface area contributed by atoms with E-state index in [0.29, 0.717) is 0 Å². The molecule has 10 rings (SSSR count). The van der Waals surface area contributed by atoms with Crippen LogP contribution in [0.4, 0.5) is 0 Å². The summed E-state index contributed by atoms with van der Waals surface area (Å²) in [7, 11) is 0. The molecule has 0 unspecified atom stereocenters. The van der Waals surface area contributed by atoms with Crippen LogP contribution in [0.3, 0.4) is 0 Å². The molecular weight excluding hydrogens is 767 g/mol. The molecule has 0 radical (unpaired) electrons. The molecule has 2 heterocycles. The molecule has 10 aromatic rings. The number of pyridine rings is 2. The Balaban J connectivity index is 0.000000172. The van der Waals surface area contributed by atoms with E-state index in [0.717, 1.165) is 11.4 Å². The fourth-order valence-corrected chi connectivity index (χ4v) is 7.18. The van der Waals surface area contributed by atoms with Crippen LogP contribution >= 0.6 is 0 Å². The minimum atomic E-state index is 0. The Labute approximate surface area is 340 Å². The molecule has 0 saturated heterocycles. The topological polar surface area (TPSA) is 25.8 Å². The van der Waals surface area contributed by atoms with Crippen molar-refractivity contribution in [2.45, 2.75) is 0 Å². The molecule has 5 heteroatoms. The predicted octanol–water partition coefficient (Wildman–Crippen LogP) is 6.89. The van der Waals surface area contributed by atoms with E-state index in [-0.39, 0.29) is 51.0 Å². The maximum Gasteiger partial charge on any atom is 2.00 e. The summed E-state index contributed by atoms with van der Waals surface area (Å²) < 4.78 is 0. The van der Waals surface area contributed by atoms with E-state index in [1.54, 1.807) is 0 Å². The zero-order valence-corrected chi connectivity index (χ0v) is 32.6. The van der Waals surface area contributed by atoms with Gasteiger partial charge in [0.1, 0.15) is 0 Å². The molecule has 0 saturated carbocycles. The molecule has 0 N–H and O–H groups in total. The number of hydrogen-bond acceptors (Lipinski definition) is 2. The van der Waals surface area contributed by atoms with Gasteiger partial charge in [0.2, 0.25) is 0 Å². The zero-order valence-electron chi connectivity index (χ0n) is 28.6. The summed E-state index contributed by atoms with van der Waals surface area (Å²) >= 11 is 0. The SMILES string of the molecule is [Cl-].[Cl-].[Zr+2].c1ccc(-[c-]2ccc3c(-c4ccc5ccccc5c4)cccc32)nc1.c1ccc(-[c-]2ccc3c(-c4ccc5ccccc5c4)cccc32)nc1. The van der Waals surface area contributed by atoms with E-state index in [2.05, 4.69) is 168 Å². The molecule has 0 amide bonds. The van der Waals surface area contributed by atoms with Crippen LogP contribution in [0.1, 0.15) is 0 Å². The average molecular weight is 799 g/mol. The second-order valence-corrected chi connectivity index (χ2v) is 12.6. The number of benzene rings is 6. The minimum Gasteiger partial charge on any atom is -1.00 e. The van der Waals surface area contributed by atoms with Crippen molar-refractivity contribution in [3.05, 3.63) is 194 Å². The van der Waals surface area contributed by atoms with Crippen LogP contribution in [-0.4, -0.2) is 9.97 Å². The molecule has 0 bridgehead atoms. The smallest absolute Gasteiger partial charge is 1.00 e. The summed E-state index contributed by atoms with van der Waals surface area (Å²) in [6.07, 6.45) is 3.70. The average Bonchev–Trinajstić information content (AvgIpc) is 3.84. The monoisotopic (exact) mass is 796 g/mol. The van der Waals surface area contributed by atoms with Gasteiger partial charge in [-0.05, 0) is 44.8 Å². The molecule has 2 aromatic heterocycles. The largest absolute Gasteiger partial charge is 2.00 e. The molecule has 0 atom stereocenters. The van der Waals surface area contributed by atoms with Gasteiger partial charge in [0.05, 0.1) is 0 Å². The van der Waals surface area contributed by atoms with Crippen LogP contribution in [0.15, 0.2) is 194 Å². The van der Waals surface area contributed by atoms with E-state index in [4.69, 9.17) is 0 Å². The van der Waals surface area contributed by atoms with Gasteiger partial charge >= 0.3 is 26.2 Å². The molecule has 254 valence electrons. The molecule has 0 aliphatic rings. The fraction of sp³-hybridized carbons (Fsp3) is 0. The van der Waals surface area contributed by atoms with Gasteiger partial charge in [-0.2, -0.15) is 0 Å². The van der Waals surface area contributed by atoms with E-state index in [1.807, 2.05) is 36.7 Å². The van der Waals surface area contributed by atoms with Crippen molar-refractivity contribution in [3.8, 4) is 44.8 Å². The Morgan fingerprint density at radius 2 is 0.774 bits per heavy atom. The van der Waals surface area contributed by atoms with E-state index in [1.165, 1.54) is 76.5 Å². The summed E-state index contributed by atoms with van der Waals surface area (Å²) in [6.45, 7) is 0. The van der Waals surface area contributed by atoms with Crippen molar-refractivity contribution in [1.82, 2.24) is 9.97 Å². The first-order chi connectivity index (χ1) is 24.8. The summed E-state index contributed by atoms with van der Waals surface area (Å²) in [5.41, 5.74) is 9.47. The maximum atomic E-state index is 4.51. The normalized spacial score (nSPS) is 10.6. The van der Waals surface area contributed by atoms with Gasteiger partial charge in [0.25, 0.3) is 0 Å². The first-order valence-electron chi connectivity index (χ1n) is 17.0. The number of fused-ring (bicyclic) bond motifs is 4. The molecule has 0 spiro atoms. The molecule has 0 aliphatic carbocycles. The molecule has 0 aliphatic heterocycles. The van der Waals surface area contributed by atoms with Crippen molar-refractivity contribution >= 4 is 43.1 Å². The minimum absolute atomic E-state index is 0. The van der Waals surface area contributed by atoms with Crippen LogP contribution in [0.5, 0.6) is 0 Å². The standard InChI is InChI=1S/2C24H16N.2ClH.Zr/c2*1-2-7-18-16-19(12-11-17(18)6-1)20-8-5-9-21-22(20)13-14-23(21)24-10-3-4-15-25-24;;;/h2*1-16H;2*1H;/q2*-1;;;+2/p-2. The van der Waals surface area contributed by atoms with Gasteiger partial charge in [-0.15, -0.1) is 57.9 Å². The third-order valence-electron chi connectivity index (χ3n) is 9.63. The van der Waals surface area contributed by atoms with E-state index < -0.39 is 0 Å². The molecule has 2 nitrogen and oxygen atoms in total. The molecule has 0 fully saturated rings. The number of nitrogens with zero attached hydrogens (tertiary/aromatic N) is 2. The number of aromatic nitrogens is 2. The second kappa shape index (κ2) is 16.7. The Morgan fingerprint density at radius 1 is 0.358 bits per heavy atom. The summed E-state index contributed by atoms with van der Waals surface area (Å²) in [6, 6.07) is 64.3. The van der Waals surface area contributed by atoms with Gasteiger partial charge in [0.15, 0.2) is 0 Å².